The lowest BCUT2D eigenvalue weighted by atomic mass is 9.82. The molecule has 0 aliphatic heterocycles. The van der Waals surface area contributed by atoms with Crippen LogP contribution in [0.2, 0.25) is 0 Å². The summed E-state index contributed by atoms with van der Waals surface area (Å²) in [6.07, 6.45) is 3.42. The summed E-state index contributed by atoms with van der Waals surface area (Å²) in [4.78, 5) is 11.9. The first kappa shape index (κ1) is 16.9. The molecule has 0 atom stereocenters. The van der Waals surface area contributed by atoms with Gasteiger partial charge >= 0.3 is 0 Å². The van der Waals surface area contributed by atoms with Gasteiger partial charge in [0, 0.05) is 8.95 Å². The van der Waals surface area contributed by atoms with Crippen molar-refractivity contribution in [3.8, 4) is 0 Å². The van der Waals surface area contributed by atoms with Crippen molar-refractivity contribution in [3.05, 3.63) is 27.1 Å². The van der Waals surface area contributed by atoms with Crippen LogP contribution in [0.1, 0.15) is 32.1 Å². The van der Waals surface area contributed by atoms with Crippen LogP contribution in [0, 0.1) is 0 Å². The van der Waals surface area contributed by atoms with E-state index in [0.717, 1.165) is 19.3 Å². The molecule has 0 aromatic heterocycles. The van der Waals surface area contributed by atoms with Gasteiger partial charge in [0.2, 0.25) is 15.9 Å². The molecule has 21 heavy (non-hydrogen) atoms. The van der Waals surface area contributed by atoms with Crippen LogP contribution in [0.15, 0.2) is 32.0 Å². The molecule has 2 rings (SSSR count). The molecule has 1 saturated carbocycles. The third-order valence-electron chi connectivity index (χ3n) is 3.69. The highest BCUT2D eigenvalue weighted by Crippen LogP contribution is 2.32. The summed E-state index contributed by atoms with van der Waals surface area (Å²) in [5.41, 5.74) is 4.29. The second kappa shape index (κ2) is 6.36. The quantitative estimate of drug-likeness (QED) is 0.755. The molecule has 1 aliphatic rings. The standard InChI is InChI=1S/C13H16Br2N2O3S/c14-9-4-5-10(15)11(8-9)21(19,20)17-13(12(16)18)6-2-1-3-7-13/h4-5,8,17H,1-3,6-7H2,(H2,16,18). The number of halogens is 2. The van der Waals surface area contributed by atoms with E-state index in [1.165, 1.54) is 6.07 Å². The van der Waals surface area contributed by atoms with Crippen molar-refractivity contribution < 1.29 is 13.2 Å². The Morgan fingerprint density at radius 3 is 2.38 bits per heavy atom. The molecule has 0 saturated heterocycles. The summed E-state index contributed by atoms with van der Waals surface area (Å²) < 4.78 is 28.8. The SMILES string of the molecule is NC(=O)C1(NS(=O)(=O)c2cc(Br)ccc2Br)CCCCC1. The molecule has 0 radical (unpaired) electrons. The van der Waals surface area contributed by atoms with Gasteiger partial charge in [-0.15, -0.1) is 0 Å². The van der Waals surface area contributed by atoms with E-state index in [4.69, 9.17) is 5.73 Å². The van der Waals surface area contributed by atoms with Gasteiger partial charge in [-0.1, -0.05) is 35.2 Å². The lowest BCUT2D eigenvalue weighted by Gasteiger charge is -2.34. The second-order valence-corrected chi connectivity index (χ2v) is 8.61. The molecule has 1 fully saturated rings. The van der Waals surface area contributed by atoms with Crippen molar-refractivity contribution in [3.63, 3.8) is 0 Å². The van der Waals surface area contributed by atoms with E-state index in [-0.39, 0.29) is 4.90 Å². The maximum absolute atomic E-state index is 12.6. The van der Waals surface area contributed by atoms with Crippen LogP contribution in [0.25, 0.3) is 0 Å². The normalized spacial score (nSPS) is 18.4. The van der Waals surface area contributed by atoms with Crippen molar-refractivity contribution in [2.45, 2.75) is 42.5 Å². The number of hydrogen-bond donors (Lipinski definition) is 2. The van der Waals surface area contributed by atoms with Gasteiger partial charge in [0.15, 0.2) is 0 Å². The summed E-state index contributed by atoms with van der Waals surface area (Å²) in [5.74, 6) is -0.614. The predicted molar refractivity (Wildman–Crippen MR) is 87.2 cm³/mol. The number of carbonyl (C=O) groups is 1. The Kier molecular flexibility index (Phi) is 5.12. The minimum atomic E-state index is -3.84. The van der Waals surface area contributed by atoms with Gasteiger partial charge < -0.3 is 5.73 Å². The van der Waals surface area contributed by atoms with Crippen LogP contribution >= 0.6 is 31.9 Å². The molecular weight excluding hydrogens is 424 g/mol. The molecule has 1 aromatic rings. The fourth-order valence-corrected chi connectivity index (χ4v) is 5.48. The highest BCUT2D eigenvalue weighted by Gasteiger charge is 2.42. The lowest BCUT2D eigenvalue weighted by Crippen LogP contribution is -2.58. The number of nitrogens with one attached hydrogen (secondary N) is 1. The van der Waals surface area contributed by atoms with Crippen LogP contribution in [0.4, 0.5) is 0 Å². The minimum absolute atomic E-state index is 0.0862. The lowest BCUT2D eigenvalue weighted by molar-refractivity contribution is -0.124. The van der Waals surface area contributed by atoms with Crippen molar-refractivity contribution in [2.24, 2.45) is 5.73 Å². The molecule has 5 nitrogen and oxygen atoms in total. The number of nitrogens with two attached hydrogens (primary N) is 1. The Balaban J connectivity index is 2.39. The molecule has 8 heteroatoms. The van der Waals surface area contributed by atoms with E-state index in [1.807, 2.05) is 0 Å². The molecule has 116 valence electrons. The zero-order valence-corrected chi connectivity index (χ0v) is 15.2. The van der Waals surface area contributed by atoms with E-state index in [1.54, 1.807) is 12.1 Å². The number of amides is 1. The van der Waals surface area contributed by atoms with Crippen LogP contribution in [-0.4, -0.2) is 19.9 Å². The molecule has 0 bridgehead atoms. The van der Waals surface area contributed by atoms with Gasteiger partial charge in [-0.2, -0.15) is 4.72 Å². The van der Waals surface area contributed by atoms with E-state index < -0.39 is 21.5 Å². The Bertz CT molecular complexity index is 655. The summed E-state index contributed by atoms with van der Waals surface area (Å²) in [5, 5.41) is 0. The van der Waals surface area contributed by atoms with Gasteiger partial charge in [-0.25, -0.2) is 8.42 Å². The van der Waals surface area contributed by atoms with Gasteiger partial charge in [-0.3, -0.25) is 4.79 Å². The first-order valence-electron chi connectivity index (χ1n) is 6.56. The Morgan fingerprint density at radius 1 is 1.19 bits per heavy atom. The first-order valence-corrected chi connectivity index (χ1v) is 9.63. The fourth-order valence-electron chi connectivity index (χ4n) is 2.55. The zero-order valence-electron chi connectivity index (χ0n) is 11.2. The van der Waals surface area contributed by atoms with E-state index in [9.17, 15) is 13.2 Å². The Hall–Kier alpha value is -0.440. The van der Waals surface area contributed by atoms with Crippen molar-refractivity contribution in [1.29, 1.82) is 0 Å². The zero-order chi connectivity index (χ0) is 15.7. The Labute approximate surface area is 141 Å². The topological polar surface area (TPSA) is 89.3 Å². The second-order valence-electron chi connectivity index (χ2n) is 5.19. The highest BCUT2D eigenvalue weighted by atomic mass is 79.9. The Morgan fingerprint density at radius 2 is 1.81 bits per heavy atom. The molecule has 1 amide bonds. The number of primary amides is 1. The van der Waals surface area contributed by atoms with Crippen molar-refractivity contribution in [1.82, 2.24) is 4.72 Å². The largest absolute Gasteiger partial charge is 0.368 e. The average molecular weight is 440 g/mol. The molecule has 0 unspecified atom stereocenters. The van der Waals surface area contributed by atoms with Gasteiger partial charge in [0.05, 0.1) is 4.90 Å². The summed E-state index contributed by atoms with van der Waals surface area (Å²) in [6, 6.07) is 4.86. The van der Waals surface area contributed by atoms with E-state index in [2.05, 4.69) is 36.6 Å². The van der Waals surface area contributed by atoms with Crippen molar-refractivity contribution >= 4 is 47.8 Å². The molecule has 0 heterocycles. The maximum atomic E-state index is 12.6. The molecule has 1 aliphatic carbocycles. The maximum Gasteiger partial charge on any atom is 0.242 e. The van der Waals surface area contributed by atoms with Crippen LogP contribution in [0.5, 0.6) is 0 Å². The van der Waals surface area contributed by atoms with Crippen LogP contribution in [0.3, 0.4) is 0 Å². The smallest absolute Gasteiger partial charge is 0.242 e. The average Bonchev–Trinajstić information content (AvgIpc) is 2.42. The number of sulfonamides is 1. The highest BCUT2D eigenvalue weighted by molar-refractivity contribution is 9.11. The van der Waals surface area contributed by atoms with Crippen LogP contribution in [-0.2, 0) is 14.8 Å². The number of carbonyl (C=O) groups excluding carboxylic acids is 1. The third kappa shape index (κ3) is 3.67. The molecule has 0 spiro atoms. The first-order chi connectivity index (χ1) is 9.77. The molecule has 3 N–H and O–H groups in total. The van der Waals surface area contributed by atoms with Gasteiger partial charge in [0.1, 0.15) is 5.54 Å². The van der Waals surface area contributed by atoms with E-state index in [0.29, 0.717) is 21.8 Å². The third-order valence-corrected chi connectivity index (χ3v) is 6.71. The monoisotopic (exact) mass is 438 g/mol. The van der Waals surface area contributed by atoms with E-state index >= 15 is 0 Å². The summed E-state index contributed by atoms with van der Waals surface area (Å²) >= 11 is 6.48. The number of hydrogen-bond acceptors (Lipinski definition) is 3. The molecule has 1 aromatic carbocycles. The predicted octanol–water partition coefficient (Wildman–Crippen LogP) is 2.68. The number of benzene rings is 1. The van der Waals surface area contributed by atoms with Gasteiger partial charge in [0.25, 0.3) is 0 Å². The molecular formula is C13H16Br2N2O3S. The summed E-state index contributed by atoms with van der Waals surface area (Å²) in [6.45, 7) is 0. The fraction of sp³-hybridized carbons (Fsp3) is 0.462. The number of rotatable bonds is 4. The van der Waals surface area contributed by atoms with Crippen molar-refractivity contribution in [2.75, 3.05) is 0 Å². The minimum Gasteiger partial charge on any atom is -0.368 e. The van der Waals surface area contributed by atoms with Crippen LogP contribution < -0.4 is 10.5 Å². The van der Waals surface area contributed by atoms with Gasteiger partial charge in [-0.05, 0) is 47.0 Å². The summed E-state index contributed by atoms with van der Waals surface area (Å²) in [7, 11) is -3.84.